The summed E-state index contributed by atoms with van der Waals surface area (Å²) in [5.74, 6) is 0. The van der Waals surface area contributed by atoms with Gasteiger partial charge >= 0.3 is 5.69 Å². The van der Waals surface area contributed by atoms with E-state index in [1.807, 2.05) is 6.92 Å². The summed E-state index contributed by atoms with van der Waals surface area (Å²) in [7, 11) is 0. The Kier molecular flexibility index (Phi) is 1.63. The van der Waals surface area contributed by atoms with E-state index >= 15 is 0 Å². The Morgan fingerprint density at radius 2 is 2.08 bits per heavy atom. The quantitative estimate of drug-likeness (QED) is 0.673. The average Bonchev–Trinajstić information content (AvgIpc) is 2.44. The molecule has 0 aliphatic rings. The van der Waals surface area contributed by atoms with Gasteiger partial charge in [-0.3, -0.25) is 14.2 Å². The van der Waals surface area contributed by atoms with Gasteiger partial charge in [0.2, 0.25) is 0 Å². The van der Waals surface area contributed by atoms with Gasteiger partial charge in [-0.1, -0.05) is 0 Å². The molecule has 0 spiro atoms. The van der Waals surface area contributed by atoms with Gasteiger partial charge in [0.05, 0.1) is 0 Å². The van der Waals surface area contributed by atoms with E-state index in [1.54, 1.807) is 13.1 Å². The maximum Gasteiger partial charge on any atom is 0.333 e. The Morgan fingerprint density at radius 3 is 2.77 bits per heavy atom. The second kappa shape index (κ2) is 2.56. The number of hydrogen-bond donors (Lipinski definition) is 1. The van der Waals surface area contributed by atoms with Gasteiger partial charge in [-0.2, -0.15) is 0 Å². The number of hydrogen-bond acceptors (Lipinski definition) is 3. The first kappa shape index (κ1) is 8.25. The number of nitrogens with zero attached hydrogens (tertiary/aromatic N) is 1. The second-order valence-corrected chi connectivity index (χ2v) is 4.14. The average molecular weight is 196 g/mol. The Balaban J connectivity index is 3.13. The van der Waals surface area contributed by atoms with Crippen LogP contribution in [-0.2, 0) is 0 Å². The van der Waals surface area contributed by atoms with E-state index in [2.05, 4.69) is 4.98 Å². The number of H-pyrrole nitrogens is 1. The molecule has 0 saturated carbocycles. The number of aryl methyl sites for hydroxylation is 2. The fourth-order valence-electron chi connectivity index (χ4n) is 1.22. The zero-order chi connectivity index (χ0) is 9.59. The fraction of sp³-hybridized carbons (Fsp3) is 0.250. The van der Waals surface area contributed by atoms with Crippen molar-refractivity contribution in [3.63, 3.8) is 0 Å². The molecule has 0 aliphatic carbocycles. The molecular formula is C8H8N2O2S. The third-order valence-electron chi connectivity index (χ3n) is 1.89. The molecule has 4 nitrogen and oxygen atoms in total. The Bertz CT molecular complexity index is 576. The molecule has 2 aromatic rings. The smallest absolute Gasteiger partial charge is 0.273 e. The number of aromatic nitrogens is 2. The first-order valence-electron chi connectivity index (χ1n) is 3.81. The monoisotopic (exact) mass is 196 g/mol. The van der Waals surface area contributed by atoms with Gasteiger partial charge in [0.25, 0.3) is 5.56 Å². The topological polar surface area (TPSA) is 54.3 Å². The third-order valence-corrected chi connectivity index (χ3v) is 3.01. The zero-order valence-electron chi connectivity index (χ0n) is 7.25. The highest BCUT2D eigenvalue weighted by atomic mass is 32.1. The lowest BCUT2D eigenvalue weighted by Crippen LogP contribution is -2.26. The van der Waals surface area contributed by atoms with Gasteiger partial charge in [-0.15, -0.1) is 11.3 Å². The summed E-state index contributed by atoms with van der Waals surface area (Å²) in [6, 6.07) is 0. The number of rotatable bonds is 0. The van der Waals surface area contributed by atoms with Crippen molar-refractivity contribution in [1.82, 2.24) is 9.38 Å². The van der Waals surface area contributed by atoms with Crippen LogP contribution in [0, 0.1) is 13.8 Å². The molecule has 0 aromatic carbocycles. The van der Waals surface area contributed by atoms with Crippen LogP contribution in [-0.4, -0.2) is 9.38 Å². The van der Waals surface area contributed by atoms with Crippen molar-refractivity contribution in [1.29, 1.82) is 0 Å². The minimum atomic E-state index is -0.366. The standard InChI is InChI=1S/C8H8N2O2S/c1-4-3-10-7(13-4)5(2)6(11)9-8(10)12/h3H,1-2H3,(H,9,11,12). The molecule has 2 heterocycles. The predicted octanol–water partition coefficient (Wildman–Crippen LogP) is 0.666. The number of fused-ring (bicyclic) bond motifs is 1. The van der Waals surface area contributed by atoms with Crippen LogP contribution < -0.4 is 11.2 Å². The highest BCUT2D eigenvalue weighted by molar-refractivity contribution is 7.17. The van der Waals surface area contributed by atoms with Crippen LogP contribution >= 0.6 is 11.3 Å². The third kappa shape index (κ3) is 1.12. The lowest BCUT2D eigenvalue weighted by Gasteiger charge is -1.93. The molecule has 5 heteroatoms. The van der Waals surface area contributed by atoms with Crippen LogP contribution in [0.2, 0.25) is 0 Å². The van der Waals surface area contributed by atoms with E-state index < -0.39 is 0 Å². The van der Waals surface area contributed by atoms with Gasteiger partial charge in [0.15, 0.2) is 0 Å². The normalized spacial score (nSPS) is 10.9. The molecule has 2 aromatic heterocycles. The Hall–Kier alpha value is -1.36. The maximum absolute atomic E-state index is 11.3. The van der Waals surface area contributed by atoms with Gasteiger partial charge in [0.1, 0.15) is 4.83 Å². The number of nitrogens with one attached hydrogen (secondary N) is 1. The molecule has 0 atom stereocenters. The zero-order valence-corrected chi connectivity index (χ0v) is 8.07. The molecule has 2 rings (SSSR count). The number of aromatic amines is 1. The van der Waals surface area contributed by atoms with E-state index in [4.69, 9.17) is 0 Å². The molecule has 0 radical (unpaired) electrons. The minimum Gasteiger partial charge on any atom is -0.273 e. The van der Waals surface area contributed by atoms with E-state index in [1.165, 1.54) is 15.7 Å². The molecule has 0 amide bonds. The summed E-state index contributed by atoms with van der Waals surface area (Å²) in [5, 5.41) is 0. The molecule has 0 unspecified atom stereocenters. The molecule has 0 aliphatic heterocycles. The van der Waals surface area contributed by atoms with Gasteiger partial charge < -0.3 is 0 Å². The summed E-state index contributed by atoms with van der Waals surface area (Å²) >= 11 is 1.45. The lowest BCUT2D eigenvalue weighted by molar-refractivity contribution is 0.966. The first-order chi connectivity index (χ1) is 6.09. The highest BCUT2D eigenvalue weighted by Crippen LogP contribution is 2.15. The second-order valence-electron chi connectivity index (χ2n) is 2.90. The molecule has 68 valence electrons. The van der Waals surface area contributed by atoms with Crippen molar-refractivity contribution < 1.29 is 0 Å². The van der Waals surface area contributed by atoms with E-state index in [0.29, 0.717) is 5.56 Å². The SMILES string of the molecule is Cc1cn2c(=O)[nH]c(=O)c(C)c2s1. The molecule has 0 saturated heterocycles. The van der Waals surface area contributed by atoms with Crippen molar-refractivity contribution >= 4 is 16.2 Å². The van der Waals surface area contributed by atoms with Crippen LogP contribution in [0.3, 0.4) is 0 Å². The predicted molar refractivity (Wildman–Crippen MR) is 51.6 cm³/mol. The van der Waals surface area contributed by atoms with Crippen LogP contribution in [0.4, 0.5) is 0 Å². The summed E-state index contributed by atoms with van der Waals surface area (Å²) in [6.45, 7) is 3.62. The van der Waals surface area contributed by atoms with Crippen molar-refractivity contribution in [2.75, 3.05) is 0 Å². The fourth-order valence-corrected chi connectivity index (χ4v) is 2.17. The van der Waals surface area contributed by atoms with Crippen molar-refractivity contribution in [2.24, 2.45) is 0 Å². The van der Waals surface area contributed by atoms with E-state index in [-0.39, 0.29) is 11.2 Å². The van der Waals surface area contributed by atoms with E-state index in [0.717, 1.165) is 9.71 Å². The highest BCUT2D eigenvalue weighted by Gasteiger charge is 2.06. The molecular weight excluding hydrogens is 188 g/mol. The van der Waals surface area contributed by atoms with E-state index in [9.17, 15) is 9.59 Å². The minimum absolute atomic E-state index is 0.299. The molecule has 0 fully saturated rings. The van der Waals surface area contributed by atoms with Gasteiger partial charge in [-0.25, -0.2) is 4.79 Å². The lowest BCUT2D eigenvalue weighted by atomic mass is 10.4. The molecule has 13 heavy (non-hydrogen) atoms. The summed E-state index contributed by atoms with van der Waals surface area (Å²) in [6.07, 6.45) is 1.73. The van der Waals surface area contributed by atoms with Gasteiger partial charge in [-0.05, 0) is 13.8 Å². The number of thiazole rings is 1. The Morgan fingerprint density at radius 1 is 1.38 bits per heavy atom. The van der Waals surface area contributed by atoms with Crippen molar-refractivity contribution in [2.45, 2.75) is 13.8 Å². The van der Waals surface area contributed by atoms with Crippen LogP contribution in [0.15, 0.2) is 15.8 Å². The van der Waals surface area contributed by atoms with Crippen LogP contribution in [0.1, 0.15) is 10.4 Å². The van der Waals surface area contributed by atoms with Crippen molar-refractivity contribution in [3.05, 3.63) is 37.5 Å². The van der Waals surface area contributed by atoms with Crippen LogP contribution in [0.5, 0.6) is 0 Å². The molecule has 0 bridgehead atoms. The van der Waals surface area contributed by atoms with Gasteiger partial charge in [0, 0.05) is 16.6 Å². The Labute approximate surface area is 77.5 Å². The largest absolute Gasteiger partial charge is 0.333 e. The maximum atomic E-state index is 11.3. The summed E-state index contributed by atoms with van der Waals surface area (Å²) < 4.78 is 1.47. The summed E-state index contributed by atoms with van der Waals surface area (Å²) in [4.78, 5) is 26.5. The van der Waals surface area contributed by atoms with Crippen LogP contribution in [0.25, 0.3) is 4.83 Å². The van der Waals surface area contributed by atoms with Crippen molar-refractivity contribution in [3.8, 4) is 0 Å². The molecule has 1 N–H and O–H groups in total. The summed E-state index contributed by atoms with van der Waals surface area (Å²) in [5.41, 5.74) is -0.0699. The first-order valence-corrected chi connectivity index (χ1v) is 4.63.